The lowest BCUT2D eigenvalue weighted by molar-refractivity contribution is 0.122. The third kappa shape index (κ3) is 16.7. The van der Waals surface area contributed by atoms with Crippen LogP contribution in [0.5, 0.6) is 0 Å². The van der Waals surface area contributed by atoms with Crippen LogP contribution in [0.1, 0.15) is 117 Å². The fourth-order valence-electron chi connectivity index (χ4n) is 4.10. The molecule has 194 valence electrons. The highest BCUT2D eigenvalue weighted by Crippen LogP contribution is 2.35. The molecule has 0 bridgehead atoms. The van der Waals surface area contributed by atoms with Gasteiger partial charge < -0.3 is 19.4 Å². The molecule has 0 aliphatic carbocycles. The van der Waals surface area contributed by atoms with Gasteiger partial charge in [-0.25, -0.2) is 0 Å². The van der Waals surface area contributed by atoms with Crippen LogP contribution >= 0.6 is 11.6 Å². The Bertz CT molecular complexity index is 423. The van der Waals surface area contributed by atoms with Gasteiger partial charge in [-0.3, -0.25) is 0 Å². The van der Waals surface area contributed by atoms with Gasteiger partial charge in [0.05, 0.1) is 0 Å². The first-order valence-corrected chi connectivity index (χ1v) is 15.2. The largest absolute Gasteiger partial charge is 0.500 e. The van der Waals surface area contributed by atoms with Crippen LogP contribution in [0.2, 0.25) is 6.04 Å². The SMILES string of the molecule is CCCCCCCC/C=C\CCCCCCC(C)C(C)(Cl)CCC[Si](OC)(OC)OC.N. The van der Waals surface area contributed by atoms with Crippen molar-refractivity contribution < 1.29 is 13.3 Å². The molecule has 0 saturated carbocycles. The highest BCUT2D eigenvalue weighted by Gasteiger charge is 2.38. The summed E-state index contributed by atoms with van der Waals surface area (Å²) >= 11 is 6.89. The number of hydrogen-bond donors (Lipinski definition) is 1. The van der Waals surface area contributed by atoms with Gasteiger partial charge in [-0.2, -0.15) is 0 Å². The van der Waals surface area contributed by atoms with Crippen molar-refractivity contribution in [3.63, 3.8) is 0 Å². The van der Waals surface area contributed by atoms with Crippen molar-refractivity contribution in [2.45, 2.75) is 128 Å². The zero-order chi connectivity index (χ0) is 23.4. The summed E-state index contributed by atoms with van der Waals surface area (Å²) in [7, 11) is 2.54. The van der Waals surface area contributed by atoms with E-state index in [4.69, 9.17) is 24.9 Å². The van der Waals surface area contributed by atoms with E-state index in [1.807, 2.05) is 0 Å². The van der Waals surface area contributed by atoms with E-state index in [2.05, 4.69) is 32.9 Å². The van der Waals surface area contributed by atoms with Crippen molar-refractivity contribution in [3.05, 3.63) is 12.2 Å². The standard InChI is InChI=1S/C26H53ClO3Si.H3N/c1-7-8-9-10-11-12-13-14-15-16-17-18-19-20-22-25(2)26(3,27)23-21-24-31(28-4,29-5)30-6;/h14-15,25H,7-13,16-24H2,1-6H3;1H3/b15-14-;. The number of halogens is 1. The molecule has 4 nitrogen and oxygen atoms in total. The number of rotatable bonds is 22. The summed E-state index contributed by atoms with van der Waals surface area (Å²) in [5.74, 6) is 0.509. The zero-order valence-corrected chi connectivity index (χ0v) is 24.1. The fraction of sp³-hybridized carbons (Fsp3) is 0.923. The average Bonchev–Trinajstić information content (AvgIpc) is 2.77. The van der Waals surface area contributed by atoms with Gasteiger partial charge in [0.25, 0.3) is 0 Å². The Morgan fingerprint density at radius 1 is 0.781 bits per heavy atom. The van der Waals surface area contributed by atoms with Gasteiger partial charge >= 0.3 is 8.80 Å². The van der Waals surface area contributed by atoms with Gasteiger partial charge in [0.1, 0.15) is 0 Å². The van der Waals surface area contributed by atoms with Crippen molar-refractivity contribution in [1.29, 1.82) is 0 Å². The molecule has 2 atom stereocenters. The van der Waals surface area contributed by atoms with E-state index in [0.717, 1.165) is 18.9 Å². The lowest BCUT2D eigenvalue weighted by Crippen LogP contribution is -2.43. The molecule has 2 unspecified atom stereocenters. The molecular formula is C26H56ClNO3Si. The summed E-state index contributed by atoms with van der Waals surface area (Å²) in [6.07, 6.45) is 24.0. The van der Waals surface area contributed by atoms with Gasteiger partial charge in [-0.15, -0.1) is 11.6 Å². The summed E-state index contributed by atoms with van der Waals surface area (Å²) in [5.41, 5.74) is 0. The van der Waals surface area contributed by atoms with Crippen LogP contribution < -0.4 is 6.15 Å². The molecule has 0 rings (SSSR count). The molecule has 0 spiro atoms. The maximum atomic E-state index is 6.89. The van der Waals surface area contributed by atoms with E-state index in [0.29, 0.717) is 5.92 Å². The first-order valence-electron chi connectivity index (χ1n) is 12.9. The lowest BCUT2D eigenvalue weighted by Gasteiger charge is -2.31. The third-order valence-electron chi connectivity index (χ3n) is 6.76. The molecule has 0 aliphatic heterocycles. The van der Waals surface area contributed by atoms with Crippen LogP contribution in [0.4, 0.5) is 0 Å². The van der Waals surface area contributed by atoms with Crippen LogP contribution in [-0.2, 0) is 13.3 Å². The summed E-state index contributed by atoms with van der Waals surface area (Å²) in [6, 6.07) is 0.817. The van der Waals surface area contributed by atoms with Crippen LogP contribution in [0.3, 0.4) is 0 Å². The molecule has 0 heterocycles. The van der Waals surface area contributed by atoms with E-state index in [-0.39, 0.29) is 11.0 Å². The zero-order valence-electron chi connectivity index (χ0n) is 22.4. The summed E-state index contributed by atoms with van der Waals surface area (Å²) in [4.78, 5) is -0.172. The monoisotopic (exact) mass is 493 g/mol. The second kappa shape index (κ2) is 21.6. The number of allylic oxidation sites excluding steroid dienone is 2. The Kier molecular flexibility index (Phi) is 23.1. The van der Waals surface area contributed by atoms with Gasteiger partial charge in [-0.1, -0.05) is 77.4 Å². The van der Waals surface area contributed by atoms with Gasteiger partial charge in [-0.05, 0) is 57.8 Å². The Morgan fingerprint density at radius 2 is 1.25 bits per heavy atom. The molecule has 0 fully saturated rings. The molecule has 0 aromatic rings. The topological polar surface area (TPSA) is 62.7 Å². The van der Waals surface area contributed by atoms with Crippen LogP contribution in [0, 0.1) is 5.92 Å². The first-order chi connectivity index (χ1) is 14.9. The molecule has 3 N–H and O–H groups in total. The molecule has 0 radical (unpaired) electrons. The summed E-state index contributed by atoms with van der Waals surface area (Å²) in [6.45, 7) is 6.76. The van der Waals surface area contributed by atoms with Crippen molar-refractivity contribution in [1.82, 2.24) is 6.15 Å². The minimum atomic E-state index is -2.48. The highest BCUT2D eigenvalue weighted by atomic mass is 35.5. The molecule has 0 saturated heterocycles. The lowest BCUT2D eigenvalue weighted by atomic mass is 9.86. The minimum absolute atomic E-state index is 0. The molecular weight excluding hydrogens is 438 g/mol. The van der Waals surface area contributed by atoms with Crippen LogP contribution in [-0.4, -0.2) is 35.0 Å². The Hall–Kier alpha value is 0.0869. The quantitative estimate of drug-likeness (QED) is 0.0706. The smallest absolute Gasteiger partial charge is 0.377 e. The molecule has 0 amide bonds. The van der Waals surface area contributed by atoms with Crippen molar-refractivity contribution >= 4 is 20.4 Å². The van der Waals surface area contributed by atoms with Crippen molar-refractivity contribution in [3.8, 4) is 0 Å². The molecule has 0 aromatic carbocycles. The normalized spacial score (nSPS) is 15.0. The molecule has 6 heteroatoms. The molecule has 0 aliphatic rings. The number of hydrogen-bond acceptors (Lipinski definition) is 4. The molecule has 0 aromatic heterocycles. The second-order valence-corrected chi connectivity index (χ2v) is 13.3. The average molecular weight is 494 g/mol. The van der Waals surface area contributed by atoms with Crippen LogP contribution in [0.15, 0.2) is 12.2 Å². The number of unbranched alkanes of at least 4 members (excludes halogenated alkanes) is 10. The number of alkyl halides is 1. The van der Waals surface area contributed by atoms with Gasteiger partial charge in [0, 0.05) is 32.2 Å². The summed E-state index contributed by atoms with van der Waals surface area (Å²) in [5, 5.41) is 0. The maximum Gasteiger partial charge on any atom is 0.500 e. The fourth-order valence-corrected chi connectivity index (χ4v) is 6.06. The third-order valence-corrected chi connectivity index (χ3v) is 10.2. The van der Waals surface area contributed by atoms with E-state index < -0.39 is 8.80 Å². The van der Waals surface area contributed by atoms with Crippen molar-refractivity contribution in [2.24, 2.45) is 5.92 Å². The Morgan fingerprint density at radius 3 is 1.75 bits per heavy atom. The van der Waals surface area contributed by atoms with E-state index >= 15 is 0 Å². The predicted molar refractivity (Wildman–Crippen MR) is 144 cm³/mol. The summed E-state index contributed by atoms with van der Waals surface area (Å²) < 4.78 is 16.5. The van der Waals surface area contributed by atoms with E-state index in [9.17, 15) is 0 Å². The minimum Gasteiger partial charge on any atom is -0.377 e. The second-order valence-electron chi connectivity index (χ2n) is 9.35. The Labute approximate surface area is 207 Å². The maximum absolute atomic E-state index is 6.89. The highest BCUT2D eigenvalue weighted by molar-refractivity contribution is 6.60. The predicted octanol–water partition coefficient (Wildman–Crippen LogP) is 9.09. The van der Waals surface area contributed by atoms with Crippen LogP contribution in [0.25, 0.3) is 0 Å². The van der Waals surface area contributed by atoms with Crippen molar-refractivity contribution in [2.75, 3.05) is 21.3 Å². The Balaban J connectivity index is 0. The van der Waals surface area contributed by atoms with Gasteiger partial charge in [0.15, 0.2) is 0 Å². The van der Waals surface area contributed by atoms with Gasteiger partial charge in [0.2, 0.25) is 0 Å². The molecule has 32 heavy (non-hydrogen) atoms. The first kappa shape index (κ1) is 34.3. The van der Waals surface area contributed by atoms with E-state index in [1.54, 1.807) is 21.3 Å². The van der Waals surface area contributed by atoms with E-state index in [1.165, 1.54) is 83.5 Å².